The molecule has 3 aromatic rings. The third-order valence-electron chi connectivity index (χ3n) is 3.34. The number of amides is 1. The molecule has 6 heteroatoms. The summed E-state index contributed by atoms with van der Waals surface area (Å²) in [4.78, 5) is 12.5. The summed E-state index contributed by atoms with van der Waals surface area (Å²) in [5.74, 6) is 0.868. The quantitative estimate of drug-likeness (QED) is 0.776. The van der Waals surface area contributed by atoms with Gasteiger partial charge < -0.3 is 14.8 Å². The molecule has 0 aliphatic heterocycles. The number of rotatable bonds is 4. The largest absolute Gasteiger partial charge is 0.497 e. The van der Waals surface area contributed by atoms with Crippen LogP contribution in [-0.2, 0) is 0 Å². The van der Waals surface area contributed by atoms with E-state index < -0.39 is 0 Å². The second kappa shape index (κ2) is 5.77. The van der Waals surface area contributed by atoms with Crippen molar-refractivity contribution in [3.8, 4) is 11.5 Å². The number of benzene rings is 2. The fraction of sp³-hybridized carbons (Fsp3) is 0.125. The van der Waals surface area contributed by atoms with E-state index in [1.165, 1.54) is 0 Å². The molecule has 2 aromatic carbocycles. The minimum absolute atomic E-state index is 0.251. The number of H-pyrrole nitrogens is 1. The normalized spacial score (nSPS) is 10.5. The minimum Gasteiger partial charge on any atom is -0.497 e. The summed E-state index contributed by atoms with van der Waals surface area (Å²) in [6.07, 6.45) is 1.71. The molecule has 0 saturated carbocycles. The molecule has 1 heterocycles. The van der Waals surface area contributed by atoms with E-state index in [-0.39, 0.29) is 5.91 Å². The highest BCUT2D eigenvalue weighted by atomic mass is 16.5. The maximum absolute atomic E-state index is 12.5. The molecule has 0 saturated heterocycles. The first-order valence-electron chi connectivity index (χ1n) is 6.68. The van der Waals surface area contributed by atoms with Crippen LogP contribution in [0.1, 0.15) is 10.4 Å². The van der Waals surface area contributed by atoms with Crippen LogP contribution in [-0.4, -0.2) is 30.3 Å². The number of anilines is 1. The van der Waals surface area contributed by atoms with Gasteiger partial charge in [-0.15, -0.1) is 0 Å². The van der Waals surface area contributed by atoms with Crippen molar-refractivity contribution in [1.29, 1.82) is 0 Å². The van der Waals surface area contributed by atoms with Gasteiger partial charge in [0.15, 0.2) is 0 Å². The number of carbonyl (C=O) groups excluding carboxylic acids is 1. The van der Waals surface area contributed by atoms with Gasteiger partial charge in [0.1, 0.15) is 11.5 Å². The summed E-state index contributed by atoms with van der Waals surface area (Å²) in [5.41, 5.74) is 1.90. The molecule has 112 valence electrons. The monoisotopic (exact) mass is 297 g/mol. The smallest absolute Gasteiger partial charge is 0.255 e. The lowest BCUT2D eigenvalue weighted by Gasteiger charge is -2.09. The number of aromatic nitrogens is 2. The fourth-order valence-corrected chi connectivity index (χ4v) is 2.21. The average Bonchev–Trinajstić information content (AvgIpc) is 3.04. The second-order valence-corrected chi connectivity index (χ2v) is 4.70. The van der Waals surface area contributed by atoms with Crippen LogP contribution in [0.4, 0.5) is 5.69 Å². The van der Waals surface area contributed by atoms with Crippen LogP contribution in [0.3, 0.4) is 0 Å². The van der Waals surface area contributed by atoms with Gasteiger partial charge in [0, 0.05) is 17.0 Å². The number of aromatic amines is 1. The van der Waals surface area contributed by atoms with Crippen molar-refractivity contribution in [3.05, 3.63) is 48.2 Å². The molecule has 0 aliphatic rings. The molecular formula is C16H15N3O3. The number of para-hydroxylation sites is 1. The first-order chi connectivity index (χ1) is 10.7. The van der Waals surface area contributed by atoms with E-state index in [1.54, 1.807) is 38.6 Å². The van der Waals surface area contributed by atoms with Gasteiger partial charge in [0.25, 0.3) is 5.91 Å². The number of carbonyl (C=O) groups is 1. The van der Waals surface area contributed by atoms with Crippen molar-refractivity contribution in [2.75, 3.05) is 19.5 Å². The SMILES string of the molecule is COc1cc(OC)cc(C(=O)Nc2cccc3cn[nH]c23)c1. The van der Waals surface area contributed by atoms with Crippen LogP contribution in [0.15, 0.2) is 42.6 Å². The van der Waals surface area contributed by atoms with Crippen molar-refractivity contribution >= 4 is 22.5 Å². The van der Waals surface area contributed by atoms with Gasteiger partial charge in [-0.3, -0.25) is 9.89 Å². The topological polar surface area (TPSA) is 76.2 Å². The Labute approximate surface area is 127 Å². The van der Waals surface area contributed by atoms with E-state index in [2.05, 4.69) is 15.5 Å². The van der Waals surface area contributed by atoms with Crippen LogP contribution < -0.4 is 14.8 Å². The molecule has 1 amide bonds. The van der Waals surface area contributed by atoms with E-state index in [0.717, 1.165) is 10.9 Å². The molecule has 0 atom stereocenters. The summed E-state index contributed by atoms with van der Waals surface area (Å²) in [6.45, 7) is 0. The number of hydrogen-bond acceptors (Lipinski definition) is 4. The fourth-order valence-electron chi connectivity index (χ4n) is 2.21. The standard InChI is InChI=1S/C16H15N3O3/c1-21-12-6-11(7-13(8-12)22-2)16(20)18-14-5-3-4-10-9-17-19-15(10)14/h3-9H,1-2H3,(H,17,19)(H,18,20). The van der Waals surface area contributed by atoms with Crippen LogP contribution in [0, 0.1) is 0 Å². The summed E-state index contributed by atoms with van der Waals surface area (Å²) >= 11 is 0. The molecule has 0 aliphatic carbocycles. The Bertz CT molecular complexity index is 804. The van der Waals surface area contributed by atoms with Gasteiger partial charge in [0.2, 0.25) is 0 Å². The van der Waals surface area contributed by atoms with Crippen LogP contribution >= 0.6 is 0 Å². The van der Waals surface area contributed by atoms with Gasteiger partial charge in [-0.2, -0.15) is 5.10 Å². The number of fused-ring (bicyclic) bond motifs is 1. The van der Waals surface area contributed by atoms with Crippen molar-refractivity contribution in [3.63, 3.8) is 0 Å². The van der Waals surface area contributed by atoms with Crippen molar-refractivity contribution in [1.82, 2.24) is 10.2 Å². The van der Waals surface area contributed by atoms with Crippen LogP contribution in [0.25, 0.3) is 10.9 Å². The lowest BCUT2D eigenvalue weighted by atomic mass is 10.1. The molecule has 0 unspecified atom stereocenters. The van der Waals surface area contributed by atoms with Crippen molar-refractivity contribution < 1.29 is 14.3 Å². The summed E-state index contributed by atoms with van der Waals surface area (Å²) in [7, 11) is 3.09. The van der Waals surface area contributed by atoms with E-state index in [4.69, 9.17) is 9.47 Å². The van der Waals surface area contributed by atoms with E-state index in [0.29, 0.717) is 22.7 Å². The van der Waals surface area contributed by atoms with Gasteiger partial charge in [0.05, 0.1) is 31.6 Å². The van der Waals surface area contributed by atoms with E-state index in [9.17, 15) is 4.79 Å². The van der Waals surface area contributed by atoms with Crippen molar-refractivity contribution in [2.24, 2.45) is 0 Å². The molecule has 22 heavy (non-hydrogen) atoms. The Morgan fingerprint density at radius 2 is 1.86 bits per heavy atom. The molecule has 0 radical (unpaired) electrons. The number of nitrogens with one attached hydrogen (secondary N) is 2. The summed E-state index contributed by atoms with van der Waals surface area (Å²) in [6, 6.07) is 10.6. The number of nitrogens with zero attached hydrogens (tertiary/aromatic N) is 1. The van der Waals surface area contributed by atoms with Gasteiger partial charge in [-0.1, -0.05) is 12.1 Å². The number of methoxy groups -OCH3 is 2. The Morgan fingerprint density at radius 1 is 1.14 bits per heavy atom. The first-order valence-corrected chi connectivity index (χ1v) is 6.68. The third kappa shape index (κ3) is 2.58. The molecule has 0 bridgehead atoms. The maximum atomic E-state index is 12.5. The Hall–Kier alpha value is -3.02. The summed E-state index contributed by atoms with van der Waals surface area (Å²) < 4.78 is 10.4. The second-order valence-electron chi connectivity index (χ2n) is 4.70. The van der Waals surface area contributed by atoms with E-state index >= 15 is 0 Å². The molecule has 0 spiro atoms. The lowest BCUT2D eigenvalue weighted by molar-refractivity contribution is 0.102. The predicted molar refractivity (Wildman–Crippen MR) is 83.6 cm³/mol. The highest BCUT2D eigenvalue weighted by molar-refractivity contribution is 6.08. The van der Waals surface area contributed by atoms with Gasteiger partial charge in [-0.25, -0.2) is 0 Å². The van der Waals surface area contributed by atoms with E-state index in [1.807, 2.05) is 18.2 Å². The minimum atomic E-state index is -0.251. The molecule has 2 N–H and O–H groups in total. The Balaban J connectivity index is 1.93. The number of hydrogen-bond donors (Lipinski definition) is 2. The highest BCUT2D eigenvalue weighted by Gasteiger charge is 2.12. The van der Waals surface area contributed by atoms with Crippen LogP contribution in [0.5, 0.6) is 11.5 Å². The third-order valence-corrected chi connectivity index (χ3v) is 3.34. The first kappa shape index (κ1) is 13.9. The molecule has 3 rings (SSSR count). The maximum Gasteiger partial charge on any atom is 0.255 e. The predicted octanol–water partition coefficient (Wildman–Crippen LogP) is 2.83. The van der Waals surface area contributed by atoms with Gasteiger partial charge in [-0.05, 0) is 18.2 Å². The Morgan fingerprint density at radius 3 is 2.55 bits per heavy atom. The molecule has 1 aromatic heterocycles. The molecule has 6 nitrogen and oxygen atoms in total. The van der Waals surface area contributed by atoms with Gasteiger partial charge >= 0.3 is 0 Å². The highest BCUT2D eigenvalue weighted by Crippen LogP contribution is 2.25. The average molecular weight is 297 g/mol. The Kier molecular flexibility index (Phi) is 3.65. The molecular weight excluding hydrogens is 282 g/mol. The van der Waals surface area contributed by atoms with Crippen molar-refractivity contribution in [2.45, 2.75) is 0 Å². The molecule has 0 fully saturated rings. The zero-order valence-corrected chi connectivity index (χ0v) is 12.2. The number of ether oxygens (including phenoxy) is 2. The van der Waals surface area contributed by atoms with Crippen LogP contribution in [0.2, 0.25) is 0 Å². The summed E-state index contributed by atoms with van der Waals surface area (Å²) in [5, 5.41) is 10.7. The zero-order valence-electron chi connectivity index (χ0n) is 12.2. The zero-order chi connectivity index (χ0) is 15.5. The lowest BCUT2D eigenvalue weighted by Crippen LogP contribution is -2.12.